The lowest BCUT2D eigenvalue weighted by Gasteiger charge is -2.30. The van der Waals surface area contributed by atoms with Crippen LogP contribution in [0.25, 0.3) is 6.08 Å². The zero-order valence-electron chi connectivity index (χ0n) is 12.4. The first-order valence-corrected chi connectivity index (χ1v) is 6.23. The van der Waals surface area contributed by atoms with Crippen molar-refractivity contribution in [2.24, 2.45) is 0 Å². The van der Waals surface area contributed by atoms with Gasteiger partial charge in [-0.25, -0.2) is 9.18 Å². The van der Waals surface area contributed by atoms with Gasteiger partial charge in [0.2, 0.25) is 5.91 Å². The fourth-order valence-corrected chi connectivity index (χ4v) is 1.48. The summed E-state index contributed by atoms with van der Waals surface area (Å²) in [6.45, 7) is 2.85. The lowest BCUT2D eigenvalue weighted by atomic mass is 10.0. The molecule has 1 aromatic rings. The van der Waals surface area contributed by atoms with Gasteiger partial charge >= 0.3 is 5.97 Å². The van der Waals surface area contributed by atoms with E-state index in [1.54, 1.807) is 6.07 Å². The van der Waals surface area contributed by atoms with Crippen LogP contribution >= 0.6 is 0 Å². The third-order valence-electron chi connectivity index (χ3n) is 3.29. The van der Waals surface area contributed by atoms with E-state index in [0.29, 0.717) is 5.56 Å². The van der Waals surface area contributed by atoms with Crippen LogP contribution in [0.4, 0.5) is 4.39 Å². The maximum atomic E-state index is 13.5. The number of hydrogen-bond donors (Lipinski definition) is 1. The summed E-state index contributed by atoms with van der Waals surface area (Å²) in [5, 5.41) is 9.06. The van der Waals surface area contributed by atoms with Gasteiger partial charge in [-0.15, -0.1) is 0 Å². The van der Waals surface area contributed by atoms with Crippen molar-refractivity contribution in [1.29, 1.82) is 0 Å². The van der Waals surface area contributed by atoms with Gasteiger partial charge in [0.1, 0.15) is 5.54 Å². The second-order valence-electron chi connectivity index (χ2n) is 4.99. The van der Waals surface area contributed by atoms with Crippen molar-refractivity contribution in [3.63, 3.8) is 0 Å². The molecule has 0 spiro atoms. The van der Waals surface area contributed by atoms with Gasteiger partial charge in [0.05, 0.1) is 7.11 Å². The normalized spacial score (nSPS) is 11.5. The Balaban J connectivity index is 2.88. The SMILES string of the molecule is COc1ccc(C=CC(=O)N(C)C(C)(C)C(=O)O)cc1F. The summed E-state index contributed by atoms with van der Waals surface area (Å²) in [4.78, 5) is 24.1. The Bertz CT molecular complexity index is 581. The Hall–Kier alpha value is -2.37. The maximum absolute atomic E-state index is 13.5. The summed E-state index contributed by atoms with van der Waals surface area (Å²) in [5.41, 5.74) is -0.852. The molecule has 0 unspecified atom stereocenters. The predicted molar refractivity (Wildman–Crippen MR) is 76.5 cm³/mol. The molecule has 0 aromatic heterocycles. The Morgan fingerprint density at radius 2 is 2.00 bits per heavy atom. The van der Waals surface area contributed by atoms with E-state index in [1.165, 1.54) is 52.3 Å². The van der Waals surface area contributed by atoms with Crippen LogP contribution in [0.3, 0.4) is 0 Å². The molecular weight excluding hydrogens is 277 g/mol. The molecule has 0 aliphatic carbocycles. The number of carbonyl (C=O) groups excluding carboxylic acids is 1. The van der Waals surface area contributed by atoms with Gasteiger partial charge in [-0.3, -0.25) is 4.79 Å². The molecule has 1 N–H and O–H groups in total. The quantitative estimate of drug-likeness (QED) is 0.845. The monoisotopic (exact) mass is 295 g/mol. The maximum Gasteiger partial charge on any atom is 0.329 e. The average molecular weight is 295 g/mol. The molecule has 114 valence electrons. The molecule has 0 radical (unpaired) electrons. The van der Waals surface area contributed by atoms with Gasteiger partial charge < -0.3 is 14.7 Å². The van der Waals surface area contributed by atoms with Crippen LogP contribution < -0.4 is 4.74 Å². The summed E-state index contributed by atoms with van der Waals surface area (Å²) in [6.07, 6.45) is 2.62. The van der Waals surface area contributed by atoms with E-state index in [2.05, 4.69) is 0 Å². The molecular formula is C15H18FNO4. The molecule has 0 atom stereocenters. The Morgan fingerprint density at radius 3 is 2.48 bits per heavy atom. The zero-order chi connectivity index (χ0) is 16.2. The molecule has 0 saturated carbocycles. The minimum Gasteiger partial charge on any atom is -0.494 e. The standard InChI is InChI=1S/C15H18FNO4/c1-15(2,14(19)20)17(3)13(18)8-6-10-5-7-12(21-4)11(16)9-10/h5-9H,1-4H3,(H,19,20). The van der Waals surface area contributed by atoms with E-state index in [9.17, 15) is 14.0 Å². The van der Waals surface area contributed by atoms with Crippen molar-refractivity contribution in [1.82, 2.24) is 4.90 Å². The van der Waals surface area contributed by atoms with E-state index in [0.717, 1.165) is 4.90 Å². The molecule has 0 saturated heterocycles. The van der Waals surface area contributed by atoms with Crippen LogP contribution in [0.5, 0.6) is 5.75 Å². The zero-order valence-corrected chi connectivity index (χ0v) is 12.4. The second-order valence-corrected chi connectivity index (χ2v) is 4.99. The number of benzene rings is 1. The van der Waals surface area contributed by atoms with Crippen molar-refractivity contribution >= 4 is 18.0 Å². The van der Waals surface area contributed by atoms with E-state index in [-0.39, 0.29) is 5.75 Å². The van der Waals surface area contributed by atoms with Gasteiger partial charge in [-0.05, 0) is 37.6 Å². The Kier molecular flexibility index (Phi) is 5.07. The molecule has 5 nitrogen and oxygen atoms in total. The first-order chi connectivity index (χ1) is 9.70. The number of carbonyl (C=O) groups is 2. The lowest BCUT2D eigenvalue weighted by molar-refractivity contribution is -0.153. The number of rotatable bonds is 5. The number of aliphatic carboxylic acids is 1. The number of nitrogens with zero attached hydrogens (tertiary/aromatic N) is 1. The molecule has 0 bridgehead atoms. The average Bonchev–Trinajstić information content (AvgIpc) is 2.43. The van der Waals surface area contributed by atoms with Crippen LogP contribution in [-0.4, -0.2) is 41.6 Å². The van der Waals surface area contributed by atoms with E-state index in [1.807, 2.05) is 0 Å². The first-order valence-electron chi connectivity index (χ1n) is 6.23. The highest BCUT2D eigenvalue weighted by Crippen LogP contribution is 2.19. The first kappa shape index (κ1) is 16.7. The minimum atomic E-state index is -1.33. The molecule has 0 aliphatic heterocycles. The van der Waals surface area contributed by atoms with Crippen molar-refractivity contribution in [2.75, 3.05) is 14.2 Å². The number of hydrogen-bond acceptors (Lipinski definition) is 3. The van der Waals surface area contributed by atoms with E-state index >= 15 is 0 Å². The molecule has 0 heterocycles. The number of likely N-dealkylation sites (N-methyl/N-ethyl adjacent to an activating group) is 1. The molecule has 0 fully saturated rings. The smallest absolute Gasteiger partial charge is 0.329 e. The van der Waals surface area contributed by atoms with Crippen LogP contribution in [-0.2, 0) is 9.59 Å². The summed E-state index contributed by atoms with van der Waals surface area (Å²) >= 11 is 0. The molecule has 0 aliphatic rings. The van der Waals surface area contributed by atoms with Gasteiger partial charge in [0.15, 0.2) is 11.6 Å². The van der Waals surface area contributed by atoms with Crippen LogP contribution in [0.15, 0.2) is 24.3 Å². The third-order valence-corrected chi connectivity index (χ3v) is 3.29. The van der Waals surface area contributed by atoms with Gasteiger partial charge in [-0.2, -0.15) is 0 Å². The molecule has 21 heavy (non-hydrogen) atoms. The summed E-state index contributed by atoms with van der Waals surface area (Å²) in [7, 11) is 2.76. The van der Waals surface area contributed by atoms with E-state index in [4.69, 9.17) is 9.84 Å². The highest BCUT2D eigenvalue weighted by molar-refractivity contribution is 5.95. The number of ether oxygens (including phenoxy) is 1. The summed E-state index contributed by atoms with van der Waals surface area (Å²) < 4.78 is 18.3. The number of carboxylic acids is 1. The lowest BCUT2D eigenvalue weighted by Crippen LogP contribution is -2.50. The Morgan fingerprint density at radius 1 is 1.38 bits per heavy atom. The topological polar surface area (TPSA) is 66.8 Å². The minimum absolute atomic E-state index is 0.114. The van der Waals surface area contributed by atoms with Gasteiger partial charge in [0.25, 0.3) is 0 Å². The van der Waals surface area contributed by atoms with E-state index < -0.39 is 23.2 Å². The van der Waals surface area contributed by atoms with Crippen LogP contribution in [0, 0.1) is 5.82 Å². The predicted octanol–water partition coefficient (Wildman–Crippen LogP) is 2.17. The molecule has 6 heteroatoms. The van der Waals surface area contributed by atoms with Gasteiger partial charge in [0, 0.05) is 13.1 Å². The van der Waals surface area contributed by atoms with Crippen LogP contribution in [0.1, 0.15) is 19.4 Å². The van der Waals surface area contributed by atoms with Crippen molar-refractivity contribution in [3.8, 4) is 5.75 Å². The highest BCUT2D eigenvalue weighted by atomic mass is 19.1. The number of methoxy groups -OCH3 is 1. The largest absolute Gasteiger partial charge is 0.494 e. The number of halogens is 1. The number of carboxylic acid groups (broad SMARTS) is 1. The Labute approximate surface area is 122 Å². The van der Waals surface area contributed by atoms with Gasteiger partial charge in [-0.1, -0.05) is 6.07 Å². The molecule has 1 aromatic carbocycles. The molecule has 1 rings (SSSR count). The van der Waals surface area contributed by atoms with Crippen molar-refractivity contribution in [2.45, 2.75) is 19.4 Å². The second kappa shape index (κ2) is 6.39. The summed E-state index contributed by atoms with van der Waals surface area (Å²) in [5.74, 6) is -2.02. The van der Waals surface area contributed by atoms with Crippen molar-refractivity contribution in [3.05, 3.63) is 35.7 Å². The molecule has 1 amide bonds. The fourth-order valence-electron chi connectivity index (χ4n) is 1.48. The third kappa shape index (κ3) is 3.81. The summed E-state index contributed by atoms with van der Waals surface area (Å²) in [6, 6.07) is 4.27. The van der Waals surface area contributed by atoms with Crippen LogP contribution in [0.2, 0.25) is 0 Å². The fraction of sp³-hybridized carbons (Fsp3) is 0.333. The highest BCUT2D eigenvalue weighted by Gasteiger charge is 2.34. The number of amides is 1. The van der Waals surface area contributed by atoms with Crippen molar-refractivity contribution < 1.29 is 23.8 Å².